The van der Waals surface area contributed by atoms with Gasteiger partial charge in [0.1, 0.15) is 23.6 Å². The third kappa shape index (κ3) is 5.37. The minimum Gasteiger partial charge on any atom is -0.383 e. The largest absolute Gasteiger partial charge is 0.383 e. The number of amides is 1. The van der Waals surface area contributed by atoms with Gasteiger partial charge in [-0.25, -0.2) is 14.6 Å². The van der Waals surface area contributed by atoms with Crippen LogP contribution in [-0.2, 0) is 15.1 Å². The molecule has 1 amide bonds. The van der Waals surface area contributed by atoms with Gasteiger partial charge in [-0.05, 0) is 51.5 Å². The van der Waals surface area contributed by atoms with Crippen molar-refractivity contribution in [3.05, 3.63) is 30.2 Å². The van der Waals surface area contributed by atoms with E-state index in [1.54, 1.807) is 6.92 Å². The first kappa shape index (κ1) is 22.7. The normalized spacial score (nSPS) is 16.4. The van der Waals surface area contributed by atoms with Crippen LogP contribution in [0.3, 0.4) is 0 Å². The second kappa shape index (κ2) is 9.41. The van der Waals surface area contributed by atoms with Crippen molar-refractivity contribution in [2.24, 2.45) is 5.92 Å². The molecular formula is C23H32N6O2. The standard InChI is InChI=1S/C23H32N6O2/c1-15-9-11-17(12-10-15)20-19-21(24)26-14-27-22(19)29(28-20)23(3,4)13-25-18(31)8-6-5-7-16(2)30/h9,11-12,14-15H,5-8,10,13H2,1-4H3,(H,25,31)(H2,24,26,27). The number of carbonyl (C=O) groups excluding carboxylic acids is 2. The molecule has 0 aromatic carbocycles. The van der Waals surface area contributed by atoms with Gasteiger partial charge in [0.2, 0.25) is 5.91 Å². The molecule has 3 N–H and O–H groups in total. The number of nitrogens with two attached hydrogens (primary N) is 1. The van der Waals surface area contributed by atoms with Crippen molar-refractivity contribution >= 4 is 34.1 Å². The minimum atomic E-state index is -0.529. The molecule has 8 nitrogen and oxygen atoms in total. The van der Waals surface area contributed by atoms with Crippen molar-refractivity contribution in [2.45, 2.75) is 65.3 Å². The molecule has 0 bridgehead atoms. The predicted molar refractivity (Wildman–Crippen MR) is 122 cm³/mol. The summed E-state index contributed by atoms with van der Waals surface area (Å²) in [7, 11) is 0. The lowest BCUT2D eigenvalue weighted by Crippen LogP contribution is -2.41. The number of fused-ring (bicyclic) bond motifs is 1. The quantitative estimate of drug-likeness (QED) is 0.596. The summed E-state index contributed by atoms with van der Waals surface area (Å²) < 4.78 is 1.83. The average molecular weight is 425 g/mol. The van der Waals surface area contributed by atoms with Crippen molar-refractivity contribution in [3.8, 4) is 0 Å². The maximum Gasteiger partial charge on any atom is 0.220 e. The Morgan fingerprint density at radius 1 is 1.26 bits per heavy atom. The third-order valence-corrected chi connectivity index (χ3v) is 5.56. The van der Waals surface area contributed by atoms with Crippen molar-refractivity contribution in [2.75, 3.05) is 12.3 Å². The zero-order valence-electron chi connectivity index (χ0n) is 18.8. The second-order valence-electron chi connectivity index (χ2n) is 8.95. The van der Waals surface area contributed by atoms with Gasteiger partial charge in [-0.15, -0.1) is 0 Å². The summed E-state index contributed by atoms with van der Waals surface area (Å²) in [5.41, 5.74) is 8.10. The molecule has 8 heteroatoms. The van der Waals surface area contributed by atoms with Crippen LogP contribution in [0.1, 0.15) is 65.5 Å². The van der Waals surface area contributed by atoms with Crippen LogP contribution in [-0.4, -0.2) is 38.0 Å². The number of unbranched alkanes of at least 4 members (excludes halogenated alkanes) is 1. The first-order valence-electron chi connectivity index (χ1n) is 10.8. The smallest absolute Gasteiger partial charge is 0.220 e. The fourth-order valence-corrected chi connectivity index (χ4v) is 3.64. The number of nitrogens with one attached hydrogen (secondary N) is 1. The van der Waals surface area contributed by atoms with Gasteiger partial charge in [-0.1, -0.05) is 25.2 Å². The highest BCUT2D eigenvalue weighted by Crippen LogP contribution is 2.33. The Hall–Kier alpha value is -3.03. The maximum absolute atomic E-state index is 12.3. The average Bonchev–Trinajstić information content (AvgIpc) is 3.12. The molecule has 166 valence electrons. The van der Waals surface area contributed by atoms with E-state index in [1.165, 1.54) is 6.33 Å². The van der Waals surface area contributed by atoms with Gasteiger partial charge in [-0.3, -0.25) is 4.79 Å². The number of allylic oxidation sites excluding steroid dienone is 4. The summed E-state index contributed by atoms with van der Waals surface area (Å²) in [6, 6.07) is 0. The van der Waals surface area contributed by atoms with E-state index in [0.717, 1.165) is 29.5 Å². The van der Waals surface area contributed by atoms with E-state index in [1.807, 2.05) is 18.5 Å². The molecule has 1 aliphatic rings. The number of hydrogen-bond donors (Lipinski definition) is 2. The maximum atomic E-state index is 12.3. The van der Waals surface area contributed by atoms with E-state index in [2.05, 4.69) is 40.4 Å². The molecule has 1 aliphatic carbocycles. The molecule has 0 saturated heterocycles. The highest BCUT2D eigenvalue weighted by Gasteiger charge is 2.28. The molecule has 0 aliphatic heterocycles. The van der Waals surface area contributed by atoms with Crippen LogP contribution in [0, 0.1) is 5.92 Å². The number of Topliss-reactive ketones (excluding diaryl/α,β-unsaturated/α-hetero) is 1. The molecule has 0 saturated carbocycles. The highest BCUT2D eigenvalue weighted by atomic mass is 16.1. The SMILES string of the molecule is CC(=O)CCCCC(=O)NCC(C)(C)n1nc(C2=CCC(C)C=C2)c2c(N)ncnc21. The topological polar surface area (TPSA) is 116 Å². The van der Waals surface area contributed by atoms with E-state index in [9.17, 15) is 9.59 Å². The fraction of sp³-hybridized carbons (Fsp3) is 0.522. The zero-order chi connectivity index (χ0) is 22.6. The van der Waals surface area contributed by atoms with Gasteiger partial charge >= 0.3 is 0 Å². The van der Waals surface area contributed by atoms with E-state index in [-0.39, 0.29) is 11.7 Å². The van der Waals surface area contributed by atoms with Gasteiger partial charge in [0, 0.05) is 19.4 Å². The summed E-state index contributed by atoms with van der Waals surface area (Å²) >= 11 is 0. The number of carbonyl (C=O) groups is 2. The van der Waals surface area contributed by atoms with Crippen LogP contribution < -0.4 is 11.1 Å². The molecule has 0 spiro atoms. The Morgan fingerprint density at radius 2 is 2.00 bits per heavy atom. The first-order valence-corrected chi connectivity index (χ1v) is 10.8. The second-order valence-corrected chi connectivity index (χ2v) is 8.95. The van der Waals surface area contributed by atoms with Crippen molar-refractivity contribution in [1.82, 2.24) is 25.1 Å². The first-order chi connectivity index (χ1) is 14.7. The predicted octanol–water partition coefficient (Wildman–Crippen LogP) is 3.39. The summed E-state index contributed by atoms with van der Waals surface area (Å²) in [6.45, 7) is 8.14. The monoisotopic (exact) mass is 424 g/mol. The lowest BCUT2D eigenvalue weighted by Gasteiger charge is -2.26. The van der Waals surface area contributed by atoms with Crippen LogP contribution >= 0.6 is 0 Å². The molecule has 2 aromatic heterocycles. The summed E-state index contributed by atoms with van der Waals surface area (Å²) in [5, 5.41) is 8.60. The number of hydrogen-bond acceptors (Lipinski definition) is 6. The van der Waals surface area contributed by atoms with Crippen LogP contribution in [0.2, 0.25) is 0 Å². The van der Waals surface area contributed by atoms with E-state index < -0.39 is 5.54 Å². The van der Waals surface area contributed by atoms with E-state index in [0.29, 0.717) is 43.2 Å². The third-order valence-electron chi connectivity index (χ3n) is 5.56. The lowest BCUT2D eigenvalue weighted by atomic mass is 9.96. The number of rotatable bonds is 9. The Kier molecular flexibility index (Phi) is 6.87. The number of ketones is 1. The van der Waals surface area contributed by atoms with Crippen LogP contribution in [0.4, 0.5) is 5.82 Å². The Balaban J connectivity index is 1.80. The van der Waals surface area contributed by atoms with Gasteiger partial charge in [-0.2, -0.15) is 5.10 Å². The molecule has 1 unspecified atom stereocenters. The van der Waals surface area contributed by atoms with E-state index in [4.69, 9.17) is 10.8 Å². The fourth-order valence-electron chi connectivity index (χ4n) is 3.64. The minimum absolute atomic E-state index is 0.0330. The van der Waals surface area contributed by atoms with E-state index >= 15 is 0 Å². The number of aromatic nitrogens is 4. The van der Waals surface area contributed by atoms with Crippen molar-refractivity contribution in [1.29, 1.82) is 0 Å². The lowest BCUT2D eigenvalue weighted by molar-refractivity contribution is -0.122. The summed E-state index contributed by atoms with van der Waals surface area (Å²) in [6.07, 6.45) is 11.1. The van der Waals surface area contributed by atoms with Crippen molar-refractivity contribution in [3.63, 3.8) is 0 Å². The Labute approximate surface area is 183 Å². The van der Waals surface area contributed by atoms with Gasteiger partial charge in [0.15, 0.2) is 5.65 Å². The summed E-state index contributed by atoms with van der Waals surface area (Å²) in [4.78, 5) is 31.9. The van der Waals surface area contributed by atoms with Gasteiger partial charge in [0.05, 0.1) is 10.9 Å². The molecule has 31 heavy (non-hydrogen) atoms. The molecule has 2 aromatic rings. The Morgan fingerprint density at radius 3 is 2.68 bits per heavy atom. The van der Waals surface area contributed by atoms with Crippen molar-refractivity contribution < 1.29 is 9.59 Å². The van der Waals surface area contributed by atoms with Crippen LogP contribution in [0.15, 0.2) is 24.6 Å². The van der Waals surface area contributed by atoms with Crippen LogP contribution in [0.5, 0.6) is 0 Å². The number of anilines is 1. The summed E-state index contributed by atoms with van der Waals surface area (Å²) in [5.74, 6) is 1.01. The van der Waals surface area contributed by atoms with Crippen LogP contribution in [0.25, 0.3) is 16.6 Å². The molecule has 2 heterocycles. The molecule has 0 radical (unpaired) electrons. The molecular weight excluding hydrogens is 392 g/mol. The molecule has 0 fully saturated rings. The highest BCUT2D eigenvalue weighted by molar-refractivity contribution is 5.97. The molecule has 3 rings (SSSR count). The van der Waals surface area contributed by atoms with Gasteiger partial charge in [0.25, 0.3) is 0 Å². The van der Waals surface area contributed by atoms with Gasteiger partial charge < -0.3 is 15.8 Å². The zero-order valence-corrected chi connectivity index (χ0v) is 18.8. The number of nitrogens with zero attached hydrogens (tertiary/aromatic N) is 4. The number of nitrogen functional groups attached to an aromatic ring is 1. The Bertz CT molecular complexity index is 1030. The molecule has 1 atom stereocenters.